The van der Waals surface area contributed by atoms with Gasteiger partial charge in [-0.2, -0.15) is 0 Å². The molecule has 0 N–H and O–H groups in total. The van der Waals surface area contributed by atoms with E-state index in [0.29, 0.717) is 27.1 Å². The largest absolute Gasteiger partial charge is 0.431 e. The molecular formula is C18H15ClN2O2S. The number of thioether (sulfide) groups is 1. The zero-order valence-corrected chi connectivity index (χ0v) is 14.6. The molecule has 2 aromatic carbocycles. The van der Waals surface area contributed by atoms with Crippen LogP contribution in [0.3, 0.4) is 0 Å². The Kier molecular flexibility index (Phi) is 3.98. The topological polar surface area (TPSA) is 46.3 Å². The Balaban J connectivity index is 1.50. The van der Waals surface area contributed by atoms with Gasteiger partial charge in [0.1, 0.15) is 5.52 Å². The minimum Gasteiger partial charge on any atom is -0.431 e. The Morgan fingerprint density at radius 3 is 3.08 bits per heavy atom. The average molecular weight is 359 g/mol. The van der Waals surface area contributed by atoms with Crippen LogP contribution in [-0.4, -0.2) is 22.7 Å². The lowest BCUT2D eigenvalue weighted by atomic mass is 10.1. The molecule has 1 aromatic heterocycles. The van der Waals surface area contributed by atoms with E-state index in [1.165, 1.54) is 17.3 Å². The number of fused-ring (bicyclic) bond motifs is 2. The van der Waals surface area contributed by atoms with Gasteiger partial charge in [0.15, 0.2) is 5.58 Å². The van der Waals surface area contributed by atoms with Gasteiger partial charge >= 0.3 is 0 Å². The van der Waals surface area contributed by atoms with E-state index in [-0.39, 0.29) is 11.9 Å². The van der Waals surface area contributed by atoms with Crippen molar-refractivity contribution in [2.75, 3.05) is 10.7 Å². The first-order chi connectivity index (χ1) is 11.6. The maximum Gasteiger partial charge on any atom is 0.257 e. The minimum absolute atomic E-state index is 0.0674. The van der Waals surface area contributed by atoms with E-state index in [4.69, 9.17) is 16.0 Å². The molecule has 1 aliphatic rings. The maximum atomic E-state index is 12.7. The lowest BCUT2D eigenvalue weighted by Crippen LogP contribution is -2.36. The smallest absolute Gasteiger partial charge is 0.257 e. The van der Waals surface area contributed by atoms with E-state index in [2.05, 4.69) is 18.0 Å². The van der Waals surface area contributed by atoms with Crippen molar-refractivity contribution in [3.05, 3.63) is 53.1 Å². The first kappa shape index (κ1) is 15.5. The van der Waals surface area contributed by atoms with Crippen LogP contribution in [0, 0.1) is 0 Å². The molecule has 4 rings (SSSR count). The van der Waals surface area contributed by atoms with Crippen LogP contribution in [0.25, 0.3) is 11.1 Å². The highest BCUT2D eigenvalue weighted by Gasteiger charge is 2.30. The summed E-state index contributed by atoms with van der Waals surface area (Å²) >= 11 is 7.27. The molecule has 1 unspecified atom stereocenters. The third kappa shape index (κ3) is 2.78. The van der Waals surface area contributed by atoms with Gasteiger partial charge in [-0.15, -0.1) is 0 Å². The van der Waals surface area contributed by atoms with Gasteiger partial charge in [-0.3, -0.25) is 4.79 Å². The number of halogens is 1. The zero-order chi connectivity index (χ0) is 16.7. The van der Waals surface area contributed by atoms with Crippen molar-refractivity contribution in [1.29, 1.82) is 0 Å². The van der Waals surface area contributed by atoms with E-state index in [1.54, 1.807) is 18.2 Å². The highest BCUT2D eigenvalue weighted by Crippen LogP contribution is 2.33. The van der Waals surface area contributed by atoms with Crippen LogP contribution in [0.2, 0.25) is 5.02 Å². The normalized spacial score (nSPS) is 16.6. The first-order valence-electron chi connectivity index (χ1n) is 7.70. The number of benzene rings is 2. The summed E-state index contributed by atoms with van der Waals surface area (Å²) in [5.41, 5.74) is 3.62. The van der Waals surface area contributed by atoms with E-state index in [1.807, 2.05) is 23.1 Å². The molecule has 6 heteroatoms. The molecule has 1 aliphatic heterocycles. The number of nitrogens with zero attached hydrogens (tertiary/aromatic N) is 2. The summed E-state index contributed by atoms with van der Waals surface area (Å²) in [6.07, 6.45) is 0.897. The summed E-state index contributed by atoms with van der Waals surface area (Å²) in [5.74, 6) is 0.358. The predicted octanol–water partition coefficient (Wildman–Crippen LogP) is 4.55. The molecule has 0 radical (unpaired) electrons. The monoisotopic (exact) mass is 358 g/mol. The summed E-state index contributed by atoms with van der Waals surface area (Å²) in [6.45, 7) is 2.07. The van der Waals surface area contributed by atoms with Gasteiger partial charge in [-0.05, 0) is 43.2 Å². The lowest BCUT2D eigenvalue weighted by molar-refractivity contribution is -0.116. The molecule has 3 aromatic rings. The van der Waals surface area contributed by atoms with Crippen LogP contribution in [0.5, 0.6) is 0 Å². The number of amides is 1. The molecule has 1 atom stereocenters. The van der Waals surface area contributed by atoms with Crippen molar-refractivity contribution in [1.82, 2.24) is 4.98 Å². The van der Waals surface area contributed by atoms with Crippen molar-refractivity contribution in [3.8, 4) is 0 Å². The summed E-state index contributed by atoms with van der Waals surface area (Å²) in [6, 6.07) is 13.5. The Bertz CT molecular complexity index is 924. The van der Waals surface area contributed by atoms with Crippen molar-refractivity contribution >= 4 is 46.1 Å². The van der Waals surface area contributed by atoms with Crippen molar-refractivity contribution in [2.45, 2.75) is 24.6 Å². The van der Waals surface area contributed by atoms with E-state index in [0.717, 1.165) is 12.1 Å². The summed E-state index contributed by atoms with van der Waals surface area (Å²) < 4.78 is 5.65. The maximum absolute atomic E-state index is 12.7. The van der Waals surface area contributed by atoms with E-state index < -0.39 is 0 Å². The molecular weight excluding hydrogens is 344 g/mol. The van der Waals surface area contributed by atoms with Gasteiger partial charge in [0.25, 0.3) is 5.22 Å². The quantitative estimate of drug-likeness (QED) is 0.644. The predicted molar refractivity (Wildman–Crippen MR) is 96.8 cm³/mol. The molecule has 0 fully saturated rings. The van der Waals surface area contributed by atoms with Crippen LogP contribution in [-0.2, 0) is 11.2 Å². The second kappa shape index (κ2) is 6.15. The van der Waals surface area contributed by atoms with E-state index >= 15 is 0 Å². The molecule has 0 spiro atoms. The van der Waals surface area contributed by atoms with Gasteiger partial charge < -0.3 is 9.32 Å². The molecule has 0 saturated carbocycles. The Morgan fingerprint density at radius 1 is 1.38 bits per heavy atom. The highest BCUT2D eigenvalue weighted by atomic mass is 35.5. The van der Waals surface area contributed by atoms with Crippen molar-refractivity contribution in [3.63, 3.8) is 0 Å². The molecule has 122 valence electrons. The van der Waals surface area contributed by atoms with Crippen LogP contribution < -0.4 is 4.90 Å². The summed E-state index contributed by atoms with van der Waals surface area (Å²) in [5, 5.41) is 1.10. The lowest BCUT2D eigenvalue weighted by Gasteiger charge is -2.22. The minimum atomic E-state index is 0.0674. The third-order valence-electron chi connectivity index (χ3n) is 4.13. The molecule has 24 heavy (non-hydrogen) atoms. The number of para-hydroxylation sites is 1. The number of carbonyl (C=O) groups is 1. The first-order valence-corrected chi connectivity index (χ1v) is 9.07. The Morgan fingerprint density at radius 2 is 2.21 bits per heavy atom. The molecule has 4 nitrogen and oxygen atoms in total. The number of hydrogen-bond acceptors (Lipinski definition) is 4. The number of anilines is 1. The number of oxazole rings is 1. The number of aromatic nitrogens is 1. The van der Waals surface area contributed by atoms with Crippen LogP contribution in [0.1, 0.15) is 12.5 Å². The zero-order valence-electron chi connectivity index (χ0n) is 13.0. The SMILES string of the molecule is CC1Cc2ccccc2N1C(=O)CSc1nc2cc(Cl)ccc2o1. The van der Waals surface area contributed by atoms with Crippen LogP contribution in [0.4, 0.5) is 5.69 Å². The summed E-state index contributed by atoms with van der Waals surface area (Å²) in [4.78, 5) is 18.9. The van der Waals surface area contributed by atoms with Gasteiger partial charge in [-0.25, -0.2) is 4.98 Å². The van der Waals surface area contributed by atoms with E-state index in [9.17, 15) is 4.79 Å². The molecule has 1 amide bonds. The third-order valence-corrected chi connectivity index (χ3v) is 5.17. The van der Waals surface area contributed by atoms with Gasteiger partial charge in [0.05, 0.1) is 5.75 Å². The number of hydrogen-bond donors (Lipinski definition) is 0. The summed E-state index contributed by atoms with van der Waals surface area (Å²) in [7, 11) is 0. The number of rotatable bonds is 3. The second-order valence-corrected chi connectivity index (χ2v) is 7.19. The highest BCUT2D eigenvalue weighted by molar-refractivity contribution is 7.99. The van der Waals surface area contributed by atoms with Crippen molar-refractivity contribution in [2.24, 2.45) is 0 Å². The molecule has 2 heterocycles. The fraction of sp³-hybridized carbons (Fsp3) is 0.222. The molecule has 0 saturated heterocycles. The molecule has 0 bridgehead atoms. The average Bonchev–Trinajstić information content (AvgIpc) is 3.11. The van der Waals surface area contributed by atoms with Gasteiger partial charge in [0, 0.05) is 16.8 Å². The standard InChI is InChI=1S/C18H15ClN2O2S/c1-11-8-12-4-2-3-5-15(12)21(11)17(22)10-24-18-20-14-9-13(19)6-7-16(14)23-18/h2-7,9,11H,8,10H2,1H3. The Labute approximate surface area is 148 Å². The van der Waals surface area contributed by atoms with Crippen molar-refractivity contribution < 1.29 is 9.21 Å². The van der Waals surface area contributed by atoms with Gasteiger partial charge in [-0.1, -0.05) is 41.6 Å². The molecule has 0 aliphatic carbocycles. The van der Waals surface area contributed by atoms with Crippen LogP contribution in [0.15, 0.2) is 52.1 Å². The second-order valence-electron chi connectivity index (χ2n) is 5.83. The van der Waals surface area contributed by atoms with Gasteiger partial charge in [0.2, 0.25) is 5.91 Å². The Hall–Kier alpha value is -1.98. The van der Waals surface area contributed by atoms with Crippen LogP contribution >= 0.6 is 23.4 Å². The fourth-order valence-electron chi connectivity index (χ4n) is 3.08. The fourth-order valence-corrected chi connectivity index (χ4v) is 3.94. The number of carbonyl (C=O) groups excluding carboxylic acids is 1.